The molecule has 0 fully saturated rings. The molecule has 0 unspecified atom stereocenters. The lowest BCUT2D eigenvalue weighted by Gasteiger charge is -2.16. The molecule has 0 atom stereocenters. The molecule has 0 saturated heterocycles. The molecular weight excluding hydrogens is 419 g/mol. The van der Waals surface area contributed by atoms with Gasteiger partial charge in [0, 0.05) is 15.7 Å². The van der Waals surface area contributed by atoms with E-state index in [1.165, 1.54) is 0 Å². The van der Waals surface area contributed by atoms with Crippen LogP contribution in [0.5, 0.6) is 0 Å². The van der Waals surface area contributed by atoms with Crippen LogP contribution in [0.1, 0.15) is 16.7 Å². The standard InChI is InChI=1S/C24H18Cl2N2O2/c1-14-8-9-20(15(2)10-14)27-22-21(16-6-4-3-5-7-16)23(29)28(24(22)30)19-12-17(25)11-18(26)13-19/h3-13,27H,1-2H3. The van der Waals surface area contributed by atoms with Crippen LogP contribution in [-0.4, -0.2) is 11.8 Å². The van der Waals surface area contributed by atoms with Gasteiger partial charge in [-0.15, -0.1) is 0 Å². The van der Waals surface area contributed by atoms with Crippen LogP contribution in [0.25, 0.3) is 5.57 Å². The second-order valence-electron chi connectivity index (χ2n) is 7.13. The highest BCUT2D eigenvalue weighted by Crippen LogP contribution is 2.36. The molecular formula is C24H18Cl2N2O2. The van der Waals surface area contributed by atoms with Gasteiger partial charge in [-0.25, -0.2) is 4.90 Å². The van der Waals surface area contributed by atoms with Crippen LogP contribution < -0.4 is 10.2 Å². The zero-order valence-corrected chi connectivity index (χ0v) is 17.9. The zero-order valence-electron chi connectivity index (χ0n) is 16.4. The van der Waals surface area contributed by atoms with Crippen molar-refractivity contribution in [2.45, 2.75) is 13.8 Å². The highest BCUT2D eigenvalue weighted by molar-refractivity contribution is 6.46. The first kappa shape index (κ1) is 20.2. The summed E-state index contributed by atoms with van der Waals surface area (Å²) in [6, 6.07) is 19.6. The van der Waals surface area contributed by atoms with E-state index in [1.807, 2.05) is 50.2 Å². The molecule has 4 rings (SSSR count). The van der Waals surface area contributed by atoms with Gasteiger partial charge in [0.15, 0.2) is 0 Å². The van der Waals surface area contributed by atoms with E-state index in [4.69, 9.17) is 23.2 Å². The largest absolute Gasteiger partial charge is 0.350 e. The molecule has 0 radical (unpaired) electrons. The molecule has 2 amide bonds. The fraction of sp³-hybridized carbons (Fsp3) is 0.0833. The summed E-state index contributed by atoms with van der Waals surface area (Å²) in [7, 11) is 0. The molecule has 6 heteroatoms. The highest BCUT2D eigenvalue weighted by atomic mass is 35.5. The van der Waals surface area contributed by atoms with Gasteiger partial charge in [-0.1, -0.05) is 71.2 Å². The molecule has 30 heavy (non-hydrogen) atoms. The number of amides is 2. The van der Waals surface area contributed by atoms with Crippen molar-refractivity contribution in [2.24, 2.45) is 0 Å². The summed E-state index contributed by atoms with van der Waals surface area (Å²) in [5.74, 6) is -0.894. The Morgan fingerprint density at radius 1 is 0.800 bits per heavy atom. The van der Waals surface area contributed by atoms with E-state index in [2.05, 4.69) is 5.32 Å². The fourth-order valence-electron chi connectivity index (χ4n) is 3.51. The van der Waals surface area contributed by atoms with Gasteiger partial charge in [0.05, 0.1) is 11.3 Å². The van der Waals surface area contributed by atoms with E-state index in [-0.39, 0.29) is 5.70 Å². The average Bonchev–Trinajstić information content (AvgIpc) is 2.93. The zero-order chi connectivity index (χ0) is 21.4. The third-order valence-electron chi connectivity index (χ3n) is 4.89. The molecule has 0 saturated carbocycles. The van der Waals surface area contributed by atoms with Gasteiger partial charge in [0.2, 0.25) is 0 Å². The average molecular weight is 437 g/mol. The van der Waals surface area contributed by atoms with E-state index in [0.29, 0.717) is 26.9 Å². The van der Waals surface area contributed by atoms with Crippen LogP contribution in [0.3, 0.4) is 0 Å². The van der Waals surface area contributed by atoms with Gasteiger partial charge in [0.25, 0.3) is 11.8 Å². The fourth-order valence-corrected chi connectivity index (χ4v) is 4.02. The minimum absolute atomic E-state index is 0.217. The Balaban J connectivity index is 1.84. The topological polar surface area (TPSA) is 49.4 Å². The van der Waals surface area contributed by atoms with Crippen molar-refractivity contribution in [1.29, 1.82) is 0 Å². The molecule has 1 heterocycles. The van der Waals surface area contributed by atoms with Gasteiger partial charge in [-0.05, 0) is 49.2 Å². The molecule has 0 spiro atoms. The Labute approximate surface area is 184 Å². The first-order valence-corrected chi connectivity index (χ1v) is 10.1. The third kappa shape index (κ3) is 3.72. The molecule has 1 aliphatic heterocycles. The van der Waals surface area contributed by atoms with Gasteiger partial charge >= 0.3 is 0 Å². The molecule has 3 aromatic rings. The molecule has 0 aliphatic carbocycles. The second kappa shape index (κ2) is 7.98. The number of carbonyl (C=O) groups is 2. The van der Waals surface area contributed by atoms with Crippen molar-refractivity contribution in [1.82, 2.24) is 0 Å². The van der Waals surface area contributed by atoms with Gasteiger partial charge in [-0.2, -0.15) is 0 Å². The van der Waals surface area contributed by atoms with Crippen LogP contribution in [-0.2, 0) is 9.59 Å². The summed E-state index contributed by atoms with van der Waals surface area (Å²) in [6.45, 7) is 3.95. The predicted octanol–water partition coefficient (Wildman–Crippen LogP) is 6.01. The maximum atomic E-state index is 13.4. The Morgan fingerprint density at radius 2 is 1.47 bits per heavy atom. The number of imide groups is 1. The Hall–Kier alpha value is -3.08. The Bertz CT molecular complexity index is 1180. The third-order valence-corrected chi connectivity index (χ3v) is 5.33. The summed E-state index contributed by atoms with van der Waals surface area (Å²) >= 11 is 12.2. The number of hydrogen-bond donors (Lipinski definition) is 1. The van der Waals surface area contributed by atoms with Crippen LogP contribution in [0, 0.1) is 13.8 Å². The number of rotatable bonds is 4. The molecule has 1 aliphatic rings. The maximum absolute atomic E-state index is 13.4. The molecule has 0 bridgehead atoms. The number of halogens is 2. The van der Waals surface area contributed by atoms with Crippen molar-refractivity contribution in [3.63, 3.8) is 0 Å². The normalized spacial score (nSPS) is 13.9. The second-order valence-corrected chi connectivity index (χ2v) is 8.01. The Morgan fingerprint density at radius 3 is 2.10 bits per heavy atom. The first-order chi connectivity index (χ1) is 14.3. The monoisotopic (exact) mass is 436 g/mol. The van der Waals surface area contributed by atoms with Crippen molar-refractivity contribution in [3.8, 4) is 0 Å². The lowest BCUT2D eigenvalue weighted by atomic mass is 10.0. The molecule has 3 aromatic carbocycles. The Kier molecular flexibility index (Phi) is 5.37. The number of aryl methyl sites for hydroxylation is 2. The molecule has 150 valence electrons. The quantitative estimate of drug-likeness (QED) is 0.509. The minimum Gasteiger partial charge on any atom is -0.350 e. The lowest BCUT2D eigenvalue weighted by Crippen LogP contribution is -2.32. The summed E-state index contributed by atoms with van der Waals surface area (Å²) in [5, 5.41) is 3.88. The maximum Gasteiger partial charge on any atom is 0.282 e. The lowest BCUT2D eigenvalue weighted by molar-refractivity contribution is -0.120. The number of nitrogens with one attached hydrogen (secondary N) is 1. The predicted molar refractivity (Wildman–Crippen MR) is 122 cm³/mol. The summed E-state index contributed by atoms with van der Waals surface area (Å²) < 4.78 is 0. The van der Waals surface area contributed by atoms with Crippen molar-refractivity contribution >= 4 is 52.0 Å². The van der Waals surface area contributed by atoms with E-state index in [9.17, 15) is 9.59 Å². The number of anilines is 2. The summed E-state index contributed by atoms with van der Waals surface area (Å²) in [5.41, 5.74) is 4.34. The van der Waals surface area contributed by atoms with E-state index in [0.717, 1.165) is 21.7 Å². The van der Waals surface area contributed by atoms with E-state index >= 15 is 0 Å². The van der Waals surface area contributed by atoms with Gasteiger partial charge < -0.3 is 5.32 Å². The molecule has 0 aromatic heterocycles. The summed E-state index contributed by atoms with van der Waals surface area (Å²) in [4.78, 5) is 27.9. The highest BCUT2D eigenvalue weighted by Gasteiger charge is 2.40. The van der Waals surface area contributed by atoms with Crippen LogP contribution in [0.4, 0.5) is 11.4 Å². The van der Waals surface area contributed by atoms with Gasteiger partial charge in [0.1, 0.15) is 5.70 Å². The SMILES string of the molecule is Cc1ccc(NC2=C(c3ccccc3)C(=O)N(c3cc(Cl)cc(Cl)c3)C2=O)c(C)c1. The first-order valence-electron chi connectivity index (χ1n) is 9.34. The number of benzene rings is 3. The van der Waals surface area contributed by atoms with E-state index in [1.54, 1.807) is 30.3 Å². The van der Waals surface area contributed by atoms with Gasteiger partial charge in [-0.3, -0.25) is 9.59 Å². The molecule has 1 N–H and O–H groups in total. The van der Waals surface area contributed by atoms with Crippen molar-refractivity contribution < 1.29 is 9.59 Å². The van der Waals surface area contributed by atoms with Crippen molar-refractivity contribution in [3.05, 3.63) is 99.2 Å². The number of nitrogens with zero attached hydrogens (tertiary/aromatic N) is 1. The minimum atomic E-state index is -0.461. The smallest absolute Gasteiger partial charge is 0.282 e. The van der Waals surface area contributed by atoms with Crippen LogP contribution in [0.2, 0.25) is 10.0 Å². The van der Waals surface area contributed by atoms with E-state index < -0.39 is 11.8 Å². The molecule has 4 nitrogen and oxygen atoms in total. The number of hydrogen-bond acceptors (Lipinski definition) is 3. The summed E-state index contributed by atoms with van der Waals surface area (Å²) in [6.07, 6.45) is 0. The van der Waals surface area contributed by atoms with Crippen molar-refractivity contribution in [2.75, 3.05) is 10.2 Å². The number of carbonyl (C=O) groups excluding carboxylic acids is 2. The van der Waals surface area contributed by atoms with Crippen LogP contribution >= 0.6 is 23.2 Å². The van der Waals surface area contributed by atoms with Crippen LogP contribution in [0.15, 0.2) is 72.4 Å².